The molecule has 0 saturated carbocycles. The second kappa shape index (κ2) is 6.72. The summed E-state index contributed by atoms with van der Waals surface area (Å²) in [6.45, 7) is 0. The van der Waals surface area contributed by atoms with Crippen LogP contribution in [0.15, 0.2) is 42.5 Å². The van der Waals surface area contributed by atoms with E-state index in [1.165, 1.54) is 12.1 Å². The molecule has 0 spiro atoms. The van der Waals surface area contributed by atoms with Gasteiger partial charge in [-0.15, -0.1) is 0 Å². The lowest BCUT2D eigenvalue weighted by Gasteiger charge is -2.38. The Hall–Kier alpha value is -2.60. The number of hydrogen-bond donors (Lipinski definition) is 2. The molecule has 132 valence electrons. The lowest BCUT2D eigenvalue weighted by molar-refractivity contribution is -0.145. The second-order valence-corrected chi connectivity index (χ2v) is 6.24. The van der Waals surface area contributed by atoms with Crippen LogP contribution >= 0.6 is 0 Å². The van der Waals surface area contributed by atoms with E-state index in [-0.39, 0.29) is 12.0 Å². The van der Waals surface area contributed by atoms with E-state index in [0.29, 0.717) is 12.2 Å². The summed E-state index contributed by atoms with van der Waals surface area (Å²) in [6, 6.07) is 11.2. The first-order valence-corrected chi connectivity index (χ1v) is 7.93. The van der Waals surface area contributed by atoms with Gasteiger partial charge in [-0.05, 0) is 35.9 Å². The average Bonchev–Trinajstić information content (AvgIpc) is 2.55. The van der Waals surface area contributed by atoms with Crippen molar-refractivity contribution in [3.8, 4) is 11.5 Å². The zero-order valence-corrected chi connectivity index (χ0v) is 13.7. The quantitative estimate of drug-likeness (QED) is 0.871. The van der Waals surface area contributed by atoms with Gasteiger partial charge in [0.25, 0.3) is 0 Å². The minimum absolute atomic E-state index is 0.0712. The zero-order chi connectivity index (χ0) is 18.0. The molecular formula is C19H19FO5. The highest BCUT2D eigenvalue weighted by Crippen LogP contribution is 2.42. The Morgan fingerprint density at radius 1 is 1.32 bits per heavy atom. The summed E-state index contributed by atoms with van der Waals surface area (Å²) in [4.78, 5) is 11.2. The van der Waals surface area contributed by atoms with E-state index in [4.69, 9.17) is 14.6 Å². The van der Waals surface area contributed by atoms with E-state index in [0.717, 1.165) is 17.4 Å². The fraction of sp³-hybridized carbons (Fsp3) is 0.316. The third kappa shape index (κ3) is 3.74. The molecule has 0 aromatic heterocycles. The molecule has 0 bridgehead atoms. The Bertz CT molecular complexity index is 774. The van der Waals surface area contributed by atoms with E-state index in [1.807, 2.05) is 24.3 Å². The van der Waals surface area contributed by atoms with Crippen LogP contribution in [-0.2, 0) is 16.8 Å². The summed E-state index contributed by atoms with van der Waals surface area (Å²) in [5, 5.41) is 20.1. The minimum atomic E-state index is -1.67. The van der Waals surface area contributed by atoms with E-state index in [1.54, 1.807) is 7.11 Å². The van der Waals surface area contributed by atoms with Crippen molar-refractivity contribution in [2.45, 2.75) is 31.0 Å². The number of rotatable bonds is 5. The second-order valence-electron chi connectivity index (χ2n) is 6.24. The van der Waals surface area contributed by atoms with Crippen molar-refractivity contribution in [2.75, 3.05) is 7.11 Å². The predicted octanol–water partition coefficient (Wildman–Crippen LogP) is 2.89. The third-order valence-electron chi connectivity index (χ3n) is 4.37. The van der Waals surface area contributed by atoms with Gasteiger partial charge in [0, 0.05) is 18.4 Å². The first-order valence-electron chi connectivity index (χ1n) is 7.93. The van der Waals surface area contributed by atoms with Crippen LogP contribution in [0.25, 0.3) is 0 Å². The summed E-state index contributed by atoms with van der Waals surface area (Å²) in [6.07, 6.45) is -0.369. The minimum Gasteiger partial charge on any atom is -0.497 e. The number of fused-ring (bicyclic) bond motifs is 1. The van der Waals surface area contributed by atoms with Gasteiger partial charge >= 0.3 is 5.97 Å². The summed E-state index contributed by atoms with van der Waals surface area (Å²) >= 11 is 0. The molecule has 3 rings (SSSR count). The third-order valence-corrected chi connectivity index (χ3v) is 4.37. The van der Waals surface area contributed by atoms with Gasteiger partial charge in [-0.1, -0.05) is 12.1 Å². The number of halogens is 1. The first-order chi connectivity index (χ1) is 11.9. The Kier molecular flexibility index (Phi) is 4.63. The molecule has 1 aliphatic rings. The van der Waals surface area contributed by atoms with Crippen molar-refractivity contribution in [1.29, 1.82) is 0 Å². The van der Waals surface area contributed by atoms with Crippen LogP contribution in [0, 0.1) is 5.82 Å². The van der Waals surface area contributed by atoms with Crippen LogP contribution < -0.4 is 9.47 Å². The van der Waals surface area contributed by atoms with Crippen molar-refractivity contribution >= 4 is 5.97 Å². The number of aliphatic carboxylic acids is 1. The lowest BCUT2D eigenvalue weighted by Crippen LogP contribution is -2.41. The van der Waals surface area contributed by atoms with E-state index in [9.17, 15) is 14.3 Å². The molecule has 2 atom stereocenters. The largest absolute Gasteiger partial charge is 0.497 e. The van der Waals surface area contributed by atoms with Crippen LogP contribution in [0.1, 0.15) is 24.0 Å². The van der Waals surface area contributed by atoms with Gasteiger partial charge in [-0.25, -0.2) is 4.39 Å². The van der Waals surface area contributed by atoms with Gasteiger partial charge < -0.3 is 19.7 Å². The molecular weight excluding hydrogens is 327 g/mol. The fourth-order valence-electron chi connectivity index (χ4n) is 3.23. The number of carboxylic acid groups (broad SMARTS) is 1. The number of carbonyl (C=O) groups is 1. The average molecular weight is 346 g/mol. The van der Waals surface area contributed by atoms with Gasteiger partial charge in [-0.3, -0.25) is 4.79 Å². The maximum absolute atomic E-state index is 13.6. The van der Waals surface area contributed by atoms with E-state index in [2.05, 4.69) is 0 Å². The standard InChI is InChI=1S/C19H19FO5/c1-24-14-5-2-12(3-6-14)8-15-10-19(23,11-18(21)22)16-9-13(20)4-7-17(16)25-15/h2-7,9,15,23H,8,10-11H2,1H3,(H,21,22)/t15-,19-/m1/s1. The monoisotopic (exact) mass is 346 g/mol. The normalized spacial score (nSPS) is 22.0. The molecule has 2 N–H and O–H groups in total. The molecule has 25 heavy (non-hydrogen) atoms. The topological polar surface area (TPSA) is 76.0 Å². The van der Waals surface area contributed by atoms with E-state index < -0.39 is 29.9 Å². The molecule has 0 fully saturated rings. The molecule has 2 aromatic rings. The Morgan fingerprint density at radius 2 is 2.04 bits per heavy atom. The van der Waals surface area contributed by atoms with Crippen molar-refractivity contribution < 1.29 is 28.9 Å². The van der Waals surface area contributed by atoms with E-state index >= 15 is 0 Å². The van der Waals surface area contributed by atoms with Crippen molar-refractivity contribution in [2.24, 2.45) is 0 Å². The van der Waals surface area contributed by atoms with Crippen molar-refractivity contribution in [3.05, 3.63) is 59.4 Å². The number of hydrogen-bond acceptors (Lipinski definition) is 4. The molecule has 0 radical (unpaired) electrons. The first kappa shape index (κ1) is 17.2. The summed E-state index contributed by atoms with van der Waals surface area (Å²) < 4.78 is 24.6. The zero-order valence-electron chi connectivity index (χ0n) is 13.7. The predicted molar refractivity (Wildman–Crippen MR) is 88.3 cm³/mol. The van der Waals surface area contributed by atoms with Crippen LogP contribution in [0.2, 0.25) is 0 Å². The summed E-state index contributed by atoms with van der Waals surface area (Å²) in [5.74, 6) is -0.644. The van der Waals surface area contributed by atoms with Crippen LogP contribution in [0.4, 0.5) is 4.39 Å². The summed E-state index contributed by atoms with van der Waals surface area (Å²) in [5.41, 5.74) is -0.520. The maximum atomic E-state index is 13.6. The highest BCUT2D eigenvalue weighted by molar-refractivity contribution is 5.69. The van der Waals surface area contributed by atoms with Gasteiger partial charge in [0.1, 0.15) is 29.0 Å². The Labute approximate surface area is 144 Å². The number of aliphatic hydroxyl groups is 1. The molecule has 1 aliphatic heterocycles. The Balaban J connectivity index is 1.87. The molecule has 5 nitrogen and oxygen atoms in total. The molecule has 2 aromatic carbocycles. The van der Waals surface area contributed by atoms with Crippen molar-refractivity contribution in [1.82, 2.24) is 0 Å². The molecule has 0 saturated heterocycles. The van der Waals surface area contributed by atoms with Gasteiger partial charge in [0.15, 0.2) is 0 Å². The van der Waals surface area contributed by atoms with Crippen LogP contribution in [0.5, 0.6) is 11.5 Å². The number of carboxylic acids is 1. The number of methoxy groups -OCH3 is 1. The fourth-order valence-corrected chi connectivity index (χ4v) is 3.23. The molecule has 6 heteroatoms. The maximum Gasteiger partial charge on any atom is 0.306 e. The highest BCUT2D eigenvalue weighted by atomic mass is 19.1. The molecule has 0 unspecified atom stereocenters. The smallest absolute Gasteiger partial charge is 0.306 e. The Morgan fingerprint density at radius 3 is 2.68 bits per heavy atom. The van der Waals surface area contributed by atoms with Crippen molar-refractivity contribution in [3.63, 3.8) is 0 Å². The molecule has 1 heterocycles. The highest BCUT2D eigenvalue weighted by Gasteiger charge is 2.42. The summed E-state index contributed by atoms with van der Waals surface area (Å²) in [7, 11) is 1.58. The molecule has 0 amide bonds. The van der Waals surface area contributed by atoms with Gasteiger partial charge in [0.2, 0.25) is 0 Å². The molecule has 0 aliphatic carbocycles. The number of ether oxygens (including phenoxy) is 2. The lowest BCUT2D eigenvalue weighted by atomic mass is 9.81. The van der Waals surface area contributed by atoms with Crippen LogP contribution in [0.3, 0.4) is 0 Å². The SMILES string of the molecule is COc1ccc(C[C@@H]2C[C@@](O)(CC(=O)O)c3cc(F)ccc3O2)cc1. The van der Waals surface area contributed by atoms with Gasteiger partial charge in [-0.2, -0.15) is 0 Å². The number of benzene rings is 2. The van der Waals surface area contributed by atoms with Gasteiger partial charge in [0.05, 0.1) is 13.5 Å². The van der Waals surface area contributed by atoms with Crippen LogP contribution in [-0.4, -0.2) is 29.4 Å².